The summed E-state index contributed by atoms with van der Waals surface area (Å²) < 4.78 is 16.2. The van der Waals surface area contributed by atoms with Crippen LogP contribution in [0.5, 0.6) is 5.75 Å². The number of hydrogen-bond acceptors (Lipinski definition) is 7. The molecule has 1 aliphatic heterocycles. The number of fused-ring (bicyclic) bond motifs is 1. The zero-order valence-electron chi connectivity index (χ0n) is 20.1. The van der Waals surface area contributed by atoms with Crippen LogP contribution in [-0.2, 0) is 37.0 Å². The van der Waals surface area contributed by atoms with E-state index in [0.717, 1.165) is 5.56 Å². The third-order valence-corrected chi connectivity index (χ3v) is 5.29. The Morgan fingerprint density at radius 1 is 1.03 bits per heavy atom. The van der Waals surface area contributed by atoms with E-state index in [1.54, 1.807) is 39.0 Å². The molecule has 0 saturated carbocycles. The molecule has 2 N–H and O–H groups in total. The van der Waals surface area contributed by atoms with E-state index in [0.29, 0.717) is 16.9 Å². The van der Waals surface area contributed by atoms with Gasteiger partial charge in [-0.3, -0.25) is 14.4 Å². The molecule has 2 amide bonds. The van der Waals surface area contributed by atoms with Crippen LogP contribution in [-0.4, -0.2) is 46.9 Å². The van der Waals surface area contributed by atoms with Crippen molar-refractivity contribution < 1.29 is 33.4 Å². The molecule has 1 atom stereocenters. The molecule has 2 aromatic rings. The van der Waals surface area contributed by atoms with Crippen LogP contribution in [0.15, 0.2) is 48.5 Å². The van der Waals surface area contributed by atoms with E-state index in [1.807, 2.05) is 30.3 Å². The molecule has 2 aromatic carbocycles. The molecule has 9 heteroatoms. The third kappa shape index (κ3) is 7.05. The van der Waals surface area contributed by atoms with Gasteiger partial charge in [0.1, 0.15) is 24.0 Å². The molecule has 186 valence electrons. The molecular formula is C26H30N2O7. The average molecular weight is 483 g/mol. The summed E-state index contributed by atoms with van der Waals surface area (Å²) in [6, 6.07) is 13.1. The lowest BCUT2D eigenvalue weighted by Crippen LogP contribution is -2.45. The number of carbonyl (C=O) groups excluding carboxylic acids is 4. The molecule has 0 saturated heterocycles. The summed E-state index contributed by atoms with van der Waals surface area (Å²) in [5, 5.41) is 0. The summed E-state index contributed by atoms with van der Waals surface area (Å²) >= 11 is 0. The van der Waals surface area contributed by atoms with E-state index >= 15 is 0 Å². The molecular weight excluding hydrogens is 452 g/mol. The van der Waals surface area contributed by atoms with Crippen LogP contribution in [0.4, 0.5) is 0 Å². The van der Waals surface area contributed by atoms with Crippen LogP contribution < -0.4 is 10.5 Å². The van der Waals surface area contributed by atoms with Crippen LogP contribution >= 0.6 is 0 Å². The highest BCUT2D eigenvalue weighted by Gasteiger charge is 2.37. The summed E-state index contributed by atoms with van der Waals surface area (Å²) in [4.78, 5) is 50.7. The molecule has 0 fully saturated rings. The Morgan fingerprint density at radius 2 is 1.74 bits per heavy atom. The number of nitrogens with zero attached hydrogens (tertiary/aromatic N) is 1. The quantitative estimate of drug-likeness (QED) is 0.516. The van der Waals surface area contributed by atoms with Gasteiger partial charge in [0.2, 0.25) is 5.91 Å². The molecule has 0 spiro atoms. The number of ether oxygens (including phenoxy) is 3. The van der Waals surface area contributed by atoms with Gasteiger partial charge in [-0.05, 0) is 44.9 Å². The molecule has 0 bridgehead atoms. The maximum absolute atomic E-state index is 13.0. The molecule has 3 rings (SSSR count). The molecule has 35 heavy (non-hydrogen) atoms. The van der Waals surface area contributed by atoms with E-state index in [2.05, 4.69) is 0 Å². The van der Waals surface area contributed by atoms with Crippen molar-refractivity contribution >= 4 is 23.8 Å². The third-order valence-electron chi connectivity index (χ3n) is 5.29. The predicted octanol–water partition coefficient (Wildman–Crippen LogP) is 2.74. The summed E-state index contributed by atoms with van der Waals surface area (Å²) in [5.74, 6) is -1.82. The average Bonchev–Trinajstić information content (AvgIpc) is 3.12. The van der Waals surface area contributed by atoms with Gasteiger partial charge >= 0.3 is 11.9 Å². The molecule has 0 aromatic heterocycles. The van der Waals surface area contributed by atoms with Gasteiger partial charge in [0.15, 0.2) is 6.61 Å². The van der Waals surface area contributed by atoms with Gasteiger partial charge in [-0.15, -0.1) is 0 Å². The highest BCUT2D eigenvalue weighted by molar-refractivity contribution is 6.01. The maximum atomic E-state index is 13.0. The number of amides is 2. The van der Waals surface area contributed by atoms with Gasteiger partial charge in [0, 0.05) is 17.5 Å². The zero-order valence-corrected chi connectivity index (χ0v) is 20.1. The van der Waals surface area contributed by atoms with Gasteiger partial charge < -0.3 is 24.8 Å². The minimum atomic E-state index is -0.994. The normalized spacial score (nSPS) is 13.7. The molecule has 0 radical (unpaired) electrons. The number of carbonyl (C=O) groups is 4. The van der Waals surface area contributed by atoms with Gasteiger partial charge in [0.25, 0.3) is 5.91 Å². The first kappa shape index (κ1) is 25.7. The standard InChI is InChI=1S/C26H30N2O7/c1-26(2,3)35-22(29)13-12-20(24(27)31)28-14-19-18(25(28)32)10-7-11-21(19)33-16-23(30)34-15-17-8-5-4-6-9-17/h4-11,20H,12-16H2,1-3H3,(H2,27,31). The summed E-state index contributed by atoms with van der Waals surface area (Å²) in [6.45, 7) is 5.09. The Kier molecular flexibility index (Phi) is 8.11. The Bertz CT molecular complexity index is 1090. The molecule has 1 aliphatic rings. The van der Waals surface area contributed by atoms with Crippen LogP contribution in [0.3, 0.4) is 0 Å². The van der Waals surface area contributed by atoms with Crippen LogP contribution in [0.25, 0.3) is 0 Å². The summed E-state index contributed by atoms with van der Waals surface area (Å²) in [5.41, 5.74) is 6.65. The van der Waals surface area contributed by atoms with E-state index in [4.69, 9.17) is 19.9 Å². The minimum absolute atomic E-state index is 0.0337. The van der Waals surface area contributed by atoms with Crippen molar-refractivity contribution in [2.75, 3.05) is 6.61 Å². The molecule has 1 unspecified atom stereocenters. The second-order valence-electron chi connectivity index (χ2n) is 9.19. The Labute approximate surface area is 204 Å². The first-order valence-electron chi connectivity index (χ1n) is 11.3. The maximum Gasteiger partial charge on any atom is 0.344 e. The largest absolute Gasteiger partial charge is 0.482 e. The van der Waals surface area contributed by atoms with Crippen LogP contribution in [0, 0.1) is 0 Å². The van der Waals surface area contributed by atoms with Crippen molar-refractivity contribution in [3.8, 4) is 5.75 Å². The topological polar surface area (TPSA) is 125 Å². The highest BCUT2D eigenvalue weighted by atomic mass is 16.6. The second kappa shape index (κ2) is 11.0. The van der Waals surface area contributed by atoms with Gasteiger partial charge in [-0.25, -0.2) is 4.79 Å². The van der Waals surface area contributed by atoms with Crippen LogP contribution in [0.1, 0.15) is 55.1 Å². The zero-order chi connectivity index (χ0) is 25.6. The lowest BCUT2D eigenvalue weighted by Gasteiger charge is -2.26. The number of primary amides is 1. The van der Waals surface area contributed by atoms with Crippen LogP contribution in [0.2, 0.25) is 0 Å². The summed E-state index contributed by atoms with van der Waals surface area (Å²) in [6.07, 6.45) is -0.0341. The van der Waals surface area contributed by atoms with E-state index < -0.39 is 35.4 Å². The molecule has 1 heterocycles. The van der Waals surface area contributed by atoms with Crippen molar-refractivity contribution in [2.45, 2.75) is 58.4 Å². The smallest absolute Gasteiger partial charge is 0.344 e. The predicted molar refractivity (Wildman–Crippen MR) is 126 cm³/mol. The van der Waals surface area contributed by atoms with Gasteiger partial charge in [-0.2, -0.15) is 0 Å². The number of rotatable bonds is 10. The number of esters is 2. The van der Waals surface area contributed by atoms with Gasteiger partial charge in [0.05, 0.1) is 6.54 Å². The first-order chi connectivity index (χ1) is 16.5. The Balaban J connectivity index is 1.62. The SMILES string of the molecule is CC(C)(C)OC(=O)CCC(C(N)=O)N1Cc2c(OCC(=O)OCc3ccccc3)cccc2C1=O. The fraction of sp³-hybridized carbons (Fsp3) is 0.385. The summed E-state index contributed by atoms with van der Waals surface area (Å²) in [7, 11) is 0. The van der Waals surface area contributed by atoms with Crippen molar-refractivity contribution in [2.24, 2.45) is 5.73 Å². The van der Waals surface area contributed by atoms with E-state index in [1.165, 1.54) is 4.90 Å². The highest BCUT2D eigenvalue weighted by Crippen LogP contribution is 2.33. The lowest BCUT2D eigenvalue weighted by molar-refractivity contribution is -0.155. The Hall–Kier alpha value is -3.88. The number of hydrogen-bond donors (Lipinski definition) is 1. The molecule has 0 aliphatic carbocycles. The number of benzene rings is 2. The first-order valence-corrected chi connectivity index (χ1v) is 11.3. The lowest BCUT2D eigenvalue weighted by atomic mass is 10.1. The van der Waals surface area contributed by atoms with E-state index in [-0.39, 0.29) is 32.6 Å². The van der Waals surface area contributed by atoms with Crippen molar-refractivity contribution in [3.05, 3.63) is 65.2 Å². The van der Waals surface area contributed by atoms with Crippen molar-refractivity contribution in [1.29, 1.82) is 0 Å². The molecule has 9 nitrogen and oxygen atoms in total. The monoisotopic (exact) mass is 482 g/mol. The van der Waals surface area contributed by atoms with Crippen molar-refractivity contribution in [3.63, 3.8) is 0 Å². The minimum Gasteiger partial charge on any atom is -0.482 e. The van der Waals surface area contributed by atoms with Gasteiger partial charge in [-0.1, -0.05) is 36.4 Å². The fourth-order valence-electron chi connectivity index (χ4n) is 3.73. The second-order valence-corrected chi connectivity index (χ2v) is 9.19. The Morgan fingerprint density at radius 3 is 2.40 bits per heavy atom. The van der Waals surface area contributed by atoms with Crippen molar-refractivity contribution in [1.82, 2.24) is 4.90 Å². The number of nitrogens with two attached hydrogens (primary N) is 1. The fourth-order valence-corrected chi connectivity index (χ4v) is 3.73. The van der Waals surface area contributed by atoms with E-state index in [9.17, 15) is 19.2 Å².